The van der Waals surface area contributed by atoms with Crippen molar-refractivity contribution >= 4 is 23.5 Å². The smallest absolute Gasteiger partial charge is 0.406 e. The Morgan fingerprint density at radius 3 is 2.59 bits per heavy atom. The average molecular weight is 455 g/mol. The van der Waals surface area contributed by atoms with Crippen molar-refractivity contribution in [3.63, 3.8) is 0 Å². The molecule has 0 saturated heterocycles. The lowest BCUT2D eigenvalue weighted by Crippen LogP contribution is -2.35. The number of aromatic nitrogens is 3. The van der Waals surface area contributed by atoms with Crippen LogP contribution in [-0.4, -0.2) is 61.8 Å². The van der Waals surface area contributed by atoms with Crippen molar-refractivity contribution < 1.29 is 27.9 Å². The summed E-state index contributed by atoms with van der Waals surface area (Å²) in [4.78, 5) is 38.0. The maximum Gasteiger partial charge on any atom is 0.406 e. The number of amides is 2. The molecule has 2 heterocycles. The molecule has 0 atom stereocenters. The van der Waals surface area contributed by atoms with Gasteiger partial charge in [-0.05, 0) is 24.8 Å². The van der Waals surface area contributed by atoms with E-state index in [9.17, 15) is 32.7 Å². The van der Waals surface area contributed by atoms with Gasteiger partial charge < -0.3 is 15.3 Å². The van der Waals surface area contributed by atoms with Gasteiger partial charge in [0.25, 0.3) is 11.5 Å². The molecule has 12 heteroatoms. The number of carbonyl (C=O) groups excluding carboxylic acids is 2. The Balaban J connectivity index is 2.05. The van der Waals surface area contributed by atoms with E-state index in [1.54, 1.807) is 0 Å². The van der Waals surface area contributed by atoms with E-state index in [1.807, 2.05) is 13.8 Å². The van der Waals surface area contributed by atoms with Gasteiger partial charge in [-0.15, -0.1) is 0 Å². The van der Waals surface area contributed by atoms with Crippen molar-refractivity contribution in [3.05, 3.63) is 33.8 Å². The van der Waals surface area contributed by atoms with Gasteiger partial charge in [-0.1, -0.05) is 13.8 Å². The van der Waals surface area contributed by atoms with Crippen LogP contribution in [0.5, 0.6) is 5.88 Å². The van der Waals surface area contributed by atoms with E-state index in [-0.39, 0.29) is 29.7 Å². The Bertz CT molecular complexity index is 1130. The molecule has 2 aromatic heterocycles. The molecular formula is C20H24F3N5O4. The molecule has 2 amide bonds. The van der Waals surface area contributed by atoms with Crippen LogP contribution >= 0.6 is 0 Å². The van der Waals surface area contributed by atoms with Gasteiger partial charge in [0.2, 0.25) is 11.8 Å². The van der Waals surface area contributed by atoms with Gasteiger partial charge in [0.05, 0.1) is 6.20 Å². The third-order valence-corrected chi connectivity index (χ3v) is 4.80. The molecular weight excluding hydrogens is 431 g/mol. The van der Waals surface area contributed by atoms with E-state index < -0.39 is 41.5 Å². The van der Waals surface area contributed by atoms with Crippen LogP contribution < -0.4 is 10.9 Å². The SMILES string of the molecule is CC(C)Cn1c(O)c(C(=O)NC2CC2)c(=O)n2ncc(/C=C/C(=O)N(C)CC(F)(F)F)c12. The van der Waals surface area contributed by atoms with E-state index >= 15 is 0 Å². The Morgan fingerprint density at radius 1 is 1.38 bits per heavy atom. The molecule has 1 fully saturated rings. The van der Waals surface area contributed by atoms with Crippen LogP contribution in [0.3, 0.4) is 0 Å². The maximum atomic E-state index is 12.9. The molecule has 0 unspecified atom stereocenters. The van der Waals surface area contributed by atoms with Crippen molar-refractivity contribution in [2.45, 2.75) is 45.5 Å². The Labute approximate surface area is 181 Å². The molecule has 2 N–H and O–H groups in total. The van der Waals surface area contributed by atoms with Crippen molar-refractivity contribution in [1.82, 2.24) is 24.4 Å². The first-order valence-electron chi connectivity index (χ1n) is 10.0. The number of fused-ring (bicyclic) bond motifs is 1. The number of nitrogens with one attached hydrogen (secondary N) is 1. The van der Waals surface area contributed by atoms with Gasteiger partial charge in [0.15, 0.2) is 5.56 Å². The fourth-order valence-corrected chi connectivity index (χ4v) is 3.18. The van der Waals surface area contributed by atoms with Crippen molar-refractivity contribution in [3.8, 4) is 5.88 Å². The van der Waals surface area contributed by atoms with Crippen LogP contribution in [0, 0.1) is 5.92 Å². The summed E-state index contributed by atoms with van der Waals surface area (Å²) in [5, 5.41) is 17.4. The first-order valence-corrected chi connectivity index (χ1v) is 10.0. The Hall–Kier alpha value is -3.31. The van der Waals surface area contributed by atoms with Crippen LogP contribution in [0.2, 0.25) is 0 Å². The number of aromatic hydroxyl groups is 1. The van der Waals surface area contributed by atoms with Crippen molar-refractivity contribution in [2.75, 3.05) is 13.6 Å². The summed E-state index contributed by atoms with van der Waals surface area (Å²) >= 11 is 0. The first-order chi connectivity index (χ1) is 14.9. The highest BCUT2D eigenvalue weighted by molar-refractivity contribution is 5.97. The molecule has 1 aliphatic rings. The normalized spacial score (nSPS) is 14.5. The molecule has 0 radical (unpaired) electrons. The highest BCUT2D eigenvalue weighted by atomic mass is 19.4. The number of alkyl halides is 3. The summed E-state index contributed by atoms with van der Waals surface area (Å²) < 4.78 is 39.8. The van der Waals surface area contributed by atoms with Crippen LogP contribution in [-0.2, 0) is 11.3 Å². The molecule has 0 aliphatic heterocycles. The van der Waals surface area contributed by atoms with Crippen LogP contribution in [0.1, 0.15) is 42.6 Å². The lowest BCUT2D eigenvalue weighted by Gasteiger charge is -2.17. The second kappa shape index (κ2) is 8.67. The molecule has 0 bridgehead atoms. The molecule has 0 spiro atoms. The topological polar surface area (TPSA) is 109 Å². The second-order valence-corrected chi connectivity index (χ2v) is 8.23. The van der Waals surface area contributed by atoms with Crippen LogP contribution in [0.25, 0.3) is 11.7 Å². The second-order valence-electron chi connectivity index (χ2n) is 8.23. The molecule has 1 saturated carbocycles. The summed E-state index contributed by atoms with van der Waals surface area (Å²) in [5.41, 5.74) is -0.937. The summed E-state index contributed by atoms with van der Waals surface area (Å²) in [6.45, 7) is 2.52. The fraction of sp³-hybridized carbons (Fsp3) is 0.500. The average Bonchev–Trinajstić information content (AvgIpc) is 3.37. The highest BCUT2D eigenvalue weighted by Crippen LogP contribution is 2.24. The van der Waals surface area contributed by atoms with Crippen LogP contribution in [0.4, 0.5) is 13.2 Å². The minimum Gasteiger partial charge on any atom is -0.494 e. The minimum absolute atomic E-state index is 0.00201. The predicted octanol–water partition coefficient (Wildman–Crippen LogP) is 1.78. The minimum atomic E-state index is -4.54. The summed E-state index contributed by atoms with van der Waals surface area (Å²) in [5.74, 6) is -2.14. The number of halogens is 3. The zero-order chi connectivity index (χ0) is 23.8. The maximum absolute atomic E-state index is 12.9. The molecule has 9 nitrogen and oxygen atoms in total. The number of nitrogens with zero attached hydrogens (tertiary/aromatic N) is 4. The summed E-state index contributed by atoms with van der Waals surface area (Å²) in [6.07, 6.45) is 0.437. The number of rotatable bonds is 7. The number of hydrogen-bond donors (Lipinski definition) is 2. The number of carbonyl (C=O) groups is 2. The van der Waals surface area contributed by atoms with E-state index in [4.69, 9.17) is 0 Å². The van der Waals surface area contributed by atoms with Gasteiger partial charge >= 0.3 is 6.18 Å². The van der Waals surface area contributed by atoms with Crippen LogP contribution in [0.15, 0.2) is 17.1 Å². The fourth-order valence-electron chi connectivity index (χ4n) is 3.18. The number of likely N-dealkylation sites (N-methyl/N-ethyl adjacent to an activating group) is 1. The summed E-state index contributed by atoms with van der Waals surface area (Å²) in [7, 11) is 1.02. The zero-order valence-electron chi connectivity index (χ0n) is 17.8. The zero-order valence-corrected chi connectivity index (χ0v) is 17.8. The molecule has 0 aromatic carbocycles. The third kappa shape index (κ3) is 5.11. The quantitative estimate of drug-likeness (QED) is 0.619. The predicted molar refractivity (Wildman–Crippen MR) is 109 cm³/mol. The Kier molecular flexibility index (Phi) is 6.33. The van der Waals surface area contributed by atoms with E-state index in [1.165, 1.54) is 16.8 Å². The molecule has 3 rings (SSSR count). The van der Waals surface area contributed by atoms with E-state index in [0.29, 0.717) is 4.90 Å². The van der Waals surface area contributed by atoms with Gasteiger partial charge in [0, 0.05) is 31.3 Å². The lowest BCUT2D eigenvalue weighted by atomic mass is 10.2. The van der Waals surface area contributed by atoms with Gasteiger partial charge in [-0.3, -0.25) is 19.0 Å². The number of hydrogen-bond acceptors (Lipinski definition) is 5. The molecule has 1 aliphatic carbocycles. The molecule has 2 aromatic rings. The van der Waals surface area contributed by atoms with Gasteiger partial charge in [-0.2, -0.15) is 22.8 Å². The van der Waals surface area contributed by atoms with Crippen molar-refractivity contribution in [2.24, 2.45) is 5.92 Å². The van der Waals surface area contributed by atoms with E-state index in [2.05, 4.69) is 10.4 Å². The van der Waals surface area contributed by atoms with Gasteiger partial charge in [-0.25, -0.2) is 0 Å². The molecule has 174 valence electrons. The summed E-state index contributed by atoms with van der Waals surface area (Å²) in [6, 6.07) is -0.0358. The highest BCUT2D eigenvalue weighted by Gasteiger charge is 2.31. The first kappa shape index (κ1) is 23.4. The van der Waals surface area contributed by atoms with Crippen molar-refractivity contribution in [1.29, 1.82) is 0 Å². The Morgan fingerprint density at radius 2 is 2.03 bits per heavy atom. The third-order valence-electron chi connectivity index (χ3n) is 4.80. The standard InChI is InChI=1S/C20H24F3N5O4/c1-11(2)9-27-17-12(4-7-14(29)26(3)10-20(21,22)23)8-24-28(17)19(32)15(18(27)31)16(30)25-13-5-6-13/h4,7-8,11,13,31H,5-6,9-10H2,1-3H3,(H,25,30)/b7-4+. The molecule has 32 heavy (non-hydrogen) atoms. The lowest BCUT2D eigenvalue weighted by molar-refractivity contribution is -0.155. The monoisotopic (exact) mass is 455 g/mol. The van der Waals surface area contributed by atoms with Gasteiger partial charge in [0.1, 0.15) is 12.2 Å². The van der Waals surface area contributed by atoms with E-state index in [0.717, 1.165) is 30.5 Å². The largest absolute Gasteiger partial charge is 0.494 e.